The van der Waals surface area contributed by atoms with E-state index in [1.807, 2.05) is 0 Å². The fourth-order valence-corrected chi connectivity index (χ4v) is 2.34. The van der Waals surface area contributed by atoms with E-state index in [1.54, 1.807) is 0 Å². The Morgan fingerprint density at radius 2 is 1.73 bits per heavy atom. The van der Waals surface area contributed by atoms with Gasteiger partial charge in [-0.05, 0) is 18.5 Å². The minimum Gasteiger partial charge on any atom is -0.138 e. The van der Waals surface area contributed by atoms with Crippen LogP contribution in [0.5, 0.6) is 0 Å². The van der Waals surface area contributed by atoms with Gasteiger partial charge in [-0.15, -0.1) is 9.24 Å². The van der Waals surface area contributed by atoms with Crippen molar-refractivity contribution < 1.29 is 0 Å². The van der Waals surface area contributed by atoms with Crippen LogP contribution in [0.25, 0.3) is 0 Å². The van der Waals surface area contributed by atoms with E-state index in [-0.39, 0.29) is 0 Å². The molecule has 1 rings (SSSR count). The van der Waals surface area contributed by atoms with Crippen molar-refractivity contribution in [2.45, 2.75) is 51.4 Å². The molecule has 1 heteroatoms. The van der Waals surface area contributed by atoms with Crippen molar-refractivity contribution in [2.75, 3.05) is 6.16 Å². The molecular weight excluding hydrogens is 151 g/mol. The molecule has 0 saturated heterocycles. The van der Waals surface area contributed by atoms with E-state index in [0.717, 1.165) is 5.92 Å². The maximum Gasteiger partial charge on any atom is -0.0381 e. The molecule has 0 aromatic rings. The van der Waals surface area contributed by atoms with E-state index >= 15 is 0 Å². The lowest BCUT2D eigenvalue weighted by molar-refractivity contribution is 0.472. The molecule has 1 unspecified atom stereocenters. The zero-order chi connectivity index (χ0) is 7.94. The van der Waals surface area contributed by atoms with Gasteiger partial charge in [0.05, 0.1) is 0 Å². The Morgan fingerprint density at radius 1 is 1.00 bits per heavy atom. The molecule has 1 saturated carbocycles. The summed E-state index contributed by atoms with van der Waals surface area (Å²) in [6.07, 6.45) is 13.2. The van der Waals surface area contributed by atoms with Gasteiger partial charge in [0.15, 0.2) is 0 Å². The Kier molecular flexibility index (Phi) is 5.19. The fourth-order valence-electron chi connectivity index (χ4n) is 2.05. The van der Waals surface area contributed by atoms with Gasteiger partial charge in [0.2, 0.25) is 0 Å². The summed E-state index contributed by atoms with van der Waals surface area (Å²) in [5, 5.41) is 0. The highest BCUT2D eigenvalue weighted by Crippen LogP contribution is 2.29. The molecular formula is C10H21P. The molecule has 0 aliphatic heterocycles. The first-order chi connectivity index (χ1) is 5.43. The molecule has 0 nitrogen and oxygen atoms in total. The Hall–Kier alpha value is 0.430. The Morgan fingerprint density at radius 3 is 2.36 bits per heavy atom. The smallest absolute Gasteiger partial charge is 0.0381 e. The first-order valence-electron chi connectivity index (χ1n) is 5.13. The van der Waals surface area contributed by atoms with Crippen LogP contribution >= 0.6 is 9.24 Å². The molecule has 0 aromatic carbocycles. The van der Waals surface area contributed by atoms with Crippen LogP contribution in [0.4, 0.5) is 0 Å². The number of rotatable bonds is 5. The van der Waals surface area contributed by atoms with E-state index in [0.29, 0.717) is 0 Å². The highest BCUT2D eigenvalue weighted by Gasteiger charge is 2.13. The quantitative estimate of drug-likeness (QED) is 0.439. The van der Waals surface area contributed by atoms with E-state index < -0.39 is 0 Å². The zero-order valence-electron chi connectivity index (χ0n) is 7.52. The van der Waals surface area contributed by atoms with Gasteiger partial charge in [0.25, 0.3) is 0 Å². The van der Waals surface area contributed by atoms with Gasteiger partial charge in [-0.2, -0.15) is 0 Å². The van der Waals surface area contributed by atoms with Gasteiger partial charge in [-0.1, -0.05) is 44.9 Å². The predicted molar refractivity (Wildman–Crippen MR) is 55.0 cm³/mol. The average molecular weight is 172 g/mol. The standard InChI is InChI=1S/C10H21P/c11-9-5-1-2-6-10-7-3-4-8-10/h10H,1-9,11H2. The van der Waals surface area contributed by atoms with Crippen molar-refractivity contribution in [3.63, 3.8) is 0 Å². The molecule has 1 fully saturated rings. The van der Waals surface area contributed by atoms with Gasteiger partial charge in [0.1, 0.15) is 0 Å². The second-order valence-electron chi connectivity index (χ2n) is 3.79. The maximum atomic E-state index is 2.81. The molecule has 0 heterocycles. The summed E-state index contributed by atoms with van der Waals surface area (Å²) in [6, 6.07) is 0. The molecule has 0 amide bonds. The molecule has 1 aliphatic rings. The molecule has 1 atom stereocenters. The molecule has 0 radical (unpaired) electrons. The maximum absolute atomic E-state index is 2.81. The lowest BCUT2D eigenvalue weighted by Crippen LogP contribution is -1.92. The summed E-state index contributed by atoms with van der Waals surface area (Å²) >= 11 is 0. The second-order valence-corrected chi connectivity index (χ2v) is 4.37. The molecule has 0 N–H and O–H groups in total. The van der Waals surface area contributed by atoms with Crippen LogP contribution in [0.2, 0.25) is 0 Å². The van der Waals surface area contributed by atoms with Crippen LogP contribution in [0.1, 0.15) is 51.4 Å². The monoisotopic (exact) mass is 172 g/mol. The van der Waals surface area contributed by atoms with Crippen molar-refractivity contribution in [3.05, 3.63) is 0 Å². The number of unbranched alkanes of at least 4 members (excludes halogenated alkanes) is 2. The number of hydrogen-bond donors (Lipinski definition) is 0. The van der Waals surface area contributed by atoms with Crippen LogP contribution in [0, 0.1) is 5.92 Å². The second kappa shape index (κ2) is 6.00. The van der Waals surface area contributed by atoms with E-state index in [1.165, 1.54) is 57.5 Å². The zero-order valence-corrected chi connectivity index (χ0v) is 8.67. The fraction of sp³-hybridized carbons (Fsp3) is 1.00. The summed E-state index contributed by atoms with van der Waals surface area (Å²) in [7, 11) is 2.81. The molecule has 0 aromatic heterocycles. The summed E-state index contributed by atoms with van der Waals surface area (Å²) in [5.41, 5.74) is 0. The summed E-state index contributed by atoms with van der Waals surface area (Å²) in [4.78, 5) is 0. The normalized spacial score (nSPS) is 19.4. The van der Waals surface area contributed by atoms with Crippen LogP contribution < -0.4 is 0 Å². The van der Waals surface area contributed by atoms with Crippen molar-refractivity contribution >= 4 is 9.24 Å². The Labute approximate surface area is 73.3 Å². The third kappa shape index (κ3) is 4.11. The molecule has 66 valence electrons. The largest absolute Gasteiger partial charge is 0.138 e. The molecule has 0 spiro atoms. The summed E-state index contributed by atoms with van der Waals surface area (Å²) in [6.45, 7) is 0. The van der Waals surface area contributed by atoms with Crippen molar-refractivity contribution in [1.29, 1.82) is 0 Å². The van der Waals surface area contributed by atoms with Crippen LogP contribution in [0.3, 0.4) is 0 Å². The first-order valence-corrected chi connectivity index (χ1v) is 5.95. The lowest BCUT2D eigenvalue weighted by atomic mass is 10.0. The third-order valence-electron chi connectivity index (χ3n) is 2.79. The number of hydrogen-bond acceptors (Lipinski definition) is 0. The van der Waals surface area contributed by atoms with Crippen molar-refractivity contribution in [1.82, 2.24) is 0 Å². The predicted octanol–water partition coefficient (Wildman–Crippen LogP) is 3.61. The van der Waals surface area contributed by atoms with Crippen LogP contribution in [0.15, 0.2) is 0 Å². The van der Waals surface area contributed by atoms with E-state index in [2.05, 4.69) is 9.24 Å². The molecule has 11 heavy (non-hydrogen) atoms. The minimum atomic E-state index is 1.11. The Balaban J connectivity index is 1.86. The molecule has 1 aliphatic carbocycles. The Bertz CT molecular complexity index is 84.9. The minimum absolute atomic E-state index is 1.11. The highest BCUT2D eigenvalue weighted by molar-refractivity contribution is 7.16. The van der Waals surface area contributed by atoms with Gasteiger partial charge in [-0.25, -0.2) is 0 Å². The van der Waals surface area contributed by atoms with Gasteiger partial charge < -0.3 is 0 Å². The molecule has 0 bridgehead atoms. The van der Waals surface area contributed by atoms with E-state index in [4.69, 9.17) is 0 Å². The van der Waals surface area contributed by atoms with Crippen LogP contribution in [-0.4, -0.2) is 6.16 Å². The van der Waals surface area contributed by atoms with Gasteiger partial charge in [-0.3, -0.25) is 0 Å². The topological polar surface area (TPSA) is 0 Å². The van der Waals surface area contributed by atoms with Gasteiger partial charge in [0, 0.05) is 0 Å². The SMILES string of the molecule is PCCCCCC1CCCC1. The van der Waals surface area contributed by atoms with Gasteiger partial charge >= 0.3 is 0 Å². The van der Waals surface area contributed by atoms with Crippen molar-refractivity contribution in [3.8, 4) is 0 Å². The summed E-state index contributed by atoms with van der Waals surface area (Å²) < 4.78 is 0. The highest BCUT2D eigenvalue weighted by atomic mass is 31.0. The first kappa shape index (κ1) is 9.52. The average Bonchev–Trinajstić information content (AvgIpc) is 2.50. The lowest BCUT2D eigenvalue weighted by Gasteiger charge is -2.06. The summed E-state index contributed by atoms with van der Waals surface area (Å²) in [5.74, 6) is 1.11. The van der Waals surface area contributed by atoms with E-state index in [9.17, 15) is 0 Å². The van der Waals surface area contributed by atoms with Crippen LogP contribution in [-0.2, 0) is 0 Å². The third-order valence-corrected chi connectivity index (χ3v) is 3.20. The van der Waals surface area contributed by atoms with Crippen molar-refractivity contribution in [2.24, 2.45) is 5.92 Å².